The van der Waals surface area contributed by atoms with Gasteiger partial charge in [0, 0.05) is 18.3 Å². The van der Waals surface area contributed by atoms with E-state index in [0.717, 1.165) is 11.1 Å². The van der Waals surface area contributed by atoms with Crippen LogP contribution in [0.25, 0.3) is 0 Å². The predicted octanol–water partition coefficient (Wildman–Crippen LogP) is 2.44. The average Bonchev–Trinajstić information content (AvgIpc) is 2.90. The second kappa shape index (κ2) is 7.92. The number of aromatic nitrogens is 2. The zero-order chi connectivity index (χ0) is 16.8. The molecule has 0 aliphatic heterocycles. The van der Waals surface area contributed by atoms with Crippen molar-refractivity contribution in [3.8, 4) is 0 Å². The van der Waals surface area contributed by atoms with Crippen LogP contribution >= 0.6 is 0 Å². The van der Waals surface area contributed by atoms with Crippen molar-refractivity contribution in [3.05, 3.63) is 53.9 Å². The van der Waals surface area contributed by atoms with Crippen LogP contribution in [0.2, 0.25) is 0 Å². The first-order valence-corrected chi connectivity index (χ1v) is 8.06. The summed E-state index contributed by atoms with van der Waals surface area (Å²) in [6.45, 7) is 8.73. The highest BCUT2D eigenvalue weighted by molar-refractivity contribution is 5.83. The van der Waals surface area contributed by atoms with E-state index in [1.807, 2.05) is 68.2 Å². The molecule has 0 saturated carbocycles. The van der Waals surface area contributed by atoms with Crippen LogP contribution in [0.3, 0.4) is 0 Å². The number of benzene rings is 1. The number of aryl methyl sites for hydroxylation is 1. The Bertz CT molecular complexity index is 621. The Labute approximate surface area is 138 Å². The van der Waals surface area contributed by atoms with Gasteiger partial charge >= 0.3 is 0 Å². The Hall–Kier alpha value is -2.14. The van der Waals surface area contributed by atoms with E-state index >= 15 is 0 Å². The van der Waals surface area contributed by atoms with Gasteiger partial charge in [0.2, 0.25) is 5.91 Å². The lowest BCUT2D eigenvalue weighted by Gasteiger charge is -2.24. The van der Waals surface area contributed by atoms with Gasteiger partial charge in [-0.05, 0) is 38.8 Å². The second-order valence-electron chi connectivity index (χ2n) is 6.31. The van der Waals surface area contributed by atoms with Gasteiger partial charge in [-0.1, -0.05) is 30.3 Å². The number of amides is 1. The molecule has 124 valence electrons. The lowest BCUT2D eigenvalue weighted by Crippen LogP contribution is -2.44. The molecule has 23 heavy (non-hydrogen) atoms. The summed E-state index contributed by atoms with van der Waals surface area (Å²) in [4.78, 5) is 12.6. The Balaban J connectivity index is 2.09. The summed E-state index contributed by atoms with van der Waals surface area (Å²) in [5.41, 5.74) is 2.10. The lowest BCUT2D eigenvalue weighted by atomic mass is 10.0. The topological polar surface area (TPSA) is 59.0 Å². The van der Waals surface area contributed by atoms with E-state index in [-0.39, 0.29) is 24.0 Å². The van der Waals surface area contributed by atoms with Crippen LogP contribution in [0.4, 0.5) is 0 Å². The molecule has 0 fully saturated rings. The predicted molar refractivity (Wildman–Crippen MR) is 92.0 cm³/mol. The van der Waals surface area contributed by atoms with Gasteiger partial charge in [0.25, 0.3) is 0 Å². The number of carbonyl (C=O) groups is 1. The number of nitrogens with one attached hydrogen (secondary N) is 2. The minimum atomic E-state index is -0.370. The highest BCUT2D eigenvalue weighted by Crippen LogP contribution is 2.14. The second-order valence-corrected chi connectivity index (χ2v) is 6.31. The molecule has 0 bridgehead atoms. The monoisotopic (exact) mass is 314 g/mol. The van der Waals surface area contributed by atoms with Crippen LogP contribution in [0, 0.1) is 6.92 Å². The zero-order valence-electron chi connectivity index (χ0n) is 14.3. The fraction of sp³-hybridized carbons (Fsp3) is 0.444. The molecule has 1 aromatic heterocycles. The summed E-state index contributed by atoms with van der Waals surface area (Å²) in [6, 6.07) is 9.66. The molecule has 5 heteroatoms. The van der Waals surface area contributed by atoms with Crippen LogP contribution in [0.1, 0.15) is 37.9 Å². The fourth-order valence-electron chi connectivity index (χ4n) is 2.52. The molecular weight excluding hydrogens is 288 g/mol. The van der Waals surface area contributed by atoms with Crippen molar-refractivity contribution in [2.75, 3.05) is 0 Å². The first-order valence-electron chi connectivity index (χ1n) is 8.06. The van der Waals surface area contributed by atoms with Crippen molar-refractivity contribution in [1.29, 1.82) is 0 Å². The number of rotatable bonds is 7. The minimum Gasteiger partial charge on any atom is -0.352 e. The van der Waals surface area contributed by atoms with E-state index in [9.17, 15) is 4.79 Å². The first kappa shape index (κ1) is 17.2. The first-order chi connectivity index (χ1) is 11.0. The molecule has 2 N–H and O–H groups in total. The van der Waals surface area contributed by atoms with E-state index in [2.05, 4.69) is 22.7 Å². The largest absolute Gasteiger partial charge is 0.352 e. The molecule has 0 spiro atoms. The molecule has 1 aromatic carbocycles. The van der Waals surface area contributed by atoms with Gasteiger partial charge in [0.1, 0.15) is 6.04 Å². The zero-order valence-corrected chi connectivity index (χ0v) is 14.3. The van der Waals surface area contributed by atoms with Crippen molar-refractivity contribution >= 4 is 5.91 Å². The molecule has 2 rings (SSSR count). The Morgan fingerprint density at radius 1 is 1.22 bits per heavy atom. The molecule has 2 aromatic rings. The molecular formula is C18H26N4O. The average molecular weight is 314 g/mol. The lowest BCUT2D eigenvalue weighted by molar-refractivity contribution is -0.124. The van der Waals surface area contributed by atoms with Crippen molar-refractivity contribution in [3.63, 3.8) is 0 Å². The van der Waals surface area contributed by atoms with Gasteiger partial charge in [-0.15, -0.1) is 0 Å². The molecule has 0 aliphatic rings. The van der Waals surface area contributed by atoms with E-state index in [0.29, 0.717) is 6.54 Å². The van der Waals surface area contributed by atoms with Crippen LogP contribution in [-0.2, 0) is 11.3 Å². The molecule has 1 heterocycles. The fourth-order valence-corrected chi connectivity index (χ4v) is 2.52. The quantitative estimate of drug-likeness (QED) is 0.825. The van der Waals surface area contributed by atoms with Gasteiger partial charge in [0.05, 0.1) is 12.7 Å². The third-order valence-corrected chi connectivity index (χ3v) is 3.50. The Morgan fingerprint density at radius 2 is 1.91 bits per heavy atom. The van der Waals surface area contributed by atoms with Gasteiger partial charge in [-0.25, -0.2) is 0 Å². The smallest absolute Gasteiger partial charge is 0.241 e. The van der Waals surface area contributed by atoms with Gasteiger partial charge < -0.3 is 5.32 Å². The molecule has 5 nitrogen and oxygen atoms in total. The van der Waals surface area contributed by atoms with E-state index < -0.39 is 0 Å². The van der Waals surface area contributed by atoms with E-state index in [4.69, 9.17) is 0 Å². The van der Waals surface area contributed by atoms with Crippen LogP contribution in [0.15, 0.2) is 42.7 Å². The Kier molecular flexibility index (Phi) is 5.93. The van der Waals surface area contributed by atoms with Crippen molar-refractivity contribution in [2.24, 2.45) is 0 Å². The van der Waals surface area contributed by atoms with Gasteiger partial charge in [0.15, 0.2) is 0 Å². The molecule has 0 saturated heterocycles. The van der Waals surface area contributed by atoms with Crippen LogP contribution < -0.4 is 10.6 Å². The van der Waals surface area contributed by atoms with Crippen molar-refractivity contribution < 1.29 is 4.79 Å². The van der Waals surface area contributed by atoms with Crippen LogP contribution in [-0.4, -0.2) is 27.8 Å². The number of carbonyl (C=O) groups excluding carboxylic acids is 1. The third kappa shape index (κ3) is 5.21. The number of hydrogen-bond acceptors (Lipinski definition) is 3. The highest BCUT2D eigenvalue weighted by atomic mass is 16.2. The third-order valence-electron chi connectivity index (χ3n) is 3.50. The molecule has 0 unspecified atom stereocenters. The summed E-state index contributed by atoms with van der Waals surface area (Å²) >= 11 is 0. The summed E-state index contributed by atoms with van der Waals surface area (Å²) in [7, 11) is 0. The summed E-state index contributed by atoms with van der Waals surface area (Å²) in [5.74, 6) is -0.00491. The summed E-state index contributed by atoms with van der Waals surface area (Å²) in [5, 5.41) is 10.7. The minimum absolute atomic E-state index is 0.00491. The van der Waals surface area contributed by atoms with Crippen LogP contribution in [0.5, 0.6) is 0 Å². The normalized spacial score (nSPS) is 13.8. The SMILES string of the molecule is Cc1cnn(C[C@H](C)N[C@@H](C(=O)NC(C)C)c2ccccc2)c1. The maximum atomic E-state index is 12.6. The highest BCUT2D eigenvalue weighted by Gasteiger charge is 2.22. The molecule has 2 atom stereocenters. The maximum Gasteiger partial charge on any atom is 0.241 e. The Morgan fingerprint density at radius 3 is 2.48 bits per heavy atom. The van der Waals surface area contributed by atoms with E-state index in [1.165, 1.54) is 0 Å². The number of nitrogens with zero attached hydrogens (tertiary/aromatic N) is 2. The summed E-state index contributed by atoms with van der Waals surface area (Å²) < 4.78 is 1.90. The molecule has 0 aliphatic carbocycles. The standard InChI is InChI=1S/C18H26N4O/c1-13(2)20-18(23)17(16-8-6-5-7-9-16)21-15(4)12-22-11-14(3)10-19-22/h5-11,13,15,17,21H,12H2,1-4H3,(H,20,23)/t15-,17+/m0/s1. The van der Waals surface area contributed by atoms with Crippen molar-refractivity contribution in [2.45, 2.75) is 52.4 Å². The van der Waals surface area contributed by atoms with Gasteiger partial charge in [-0.3, -0.25) is 14.8 Å². The summed E-state index contributed by atoms with van der Waals surface area (Å²) in [6.07, 6.45) is 3.84. The van der Waals surface area contributed by atoms with Crippen molar-refractivity contribution in [1.82, 2.24) is 20.4 Å². The van der Waals surface area contributed by atoms with Gasteiger partial charge in [-0.2, -0.15) is 5.10 Å². The number of hydrogen-bond donors (Lipinski definition) is 2. The molecule has 1 amide bonds. The van der Waals surface area contributed by atoms with E-state index in [1.54, 1.807) is 0 Å². The maximum absolute atomic E-state index is 12.6. The molecule has 0 radical (unpaired) electrons.